The zero-order valence-corrected chi connectivity index (χ0v) is 15.5. The molecule has 148 valence electrons. The molecule has 3 fully saturated rings. The number of benzene rings is 1. The summed E-state index contributed by atoms with van der Waals surface area (Å²) in [5, 5.41) is 0.0198. The van der Waals surface area contributed by atoms with E-state index in [1.807, 2.05) is 4.90 Å². The maximum atomic E-state index is 15.2. The Hall–Kier alpha value is -2.48. The first-order valence-corrected chi connectivity index (χ1v) is 9.45. The summed E-state index contributed by atoms with van der Waals surface area (Å²) < 4.78 is 36.2. The van der Waals surface area contributed by atoms with Gasteiger partial charge in [-0.15, -0.1) is 0 Å². The highest BCUT2D eigenvalue weighted by Gasteiger charge is 2.54. The van der Waals surface area contributed by atoms with Gasteiger partial charge in [0, 0.05) is 37.2 Å². The second kappa shape index (κ2) is 5.76. The Bertz CT molecular complexity index is 1060. The molecule has 2 aromatic rings. The summed E-state index contributed by atoms with van der Waals surface area (Å²) in [5.41, 5.74) is 6.16. The molecular formula is C20H21F2N3O3. The van der Waals surface area contributed by atoms with Crippen molar-refractivity contribution in [3.8, 4) is 5.75 Å². The second-order valence-electron chi connectivity index (χ2n) is 8.24. The smallest absolute Gasteiger partial charge is 0.200 e. The molecule has 1 aromatic carbocycles. The number of carbonyl (C=O) groups excluding carboxylic acids is 1. The molecule has 2 N–H and O–H groups in total. The number of rotatable bonds is 4. The Morgan fingerprint density at radius 3 is 2.64 bits per heavy atom. The number of nitrogens with two attached hydrogens (primary N) is 1. The van der Waals surface area contributed by atoms with E-state index in [1.54, 1.807) is 4.57 Å². The number of ether oxygens (including phenoxy) is 1. The summed E-state index contributed by atoms with van der Waals surface area (Å²) in [5.74, 6) is -0.415. The fourth-order valence-corrected chi connectivity index (χ4v) is 4.59. The number of anilines is 1. The van der Waals surface area contributed by atoms with E-state index in [-0.39, 0.29) is 40.3 Å². The standard InChI is InChI=1S/C20H21F2N3O3/c1-28-19-16-11(18(27)10(8-26)6-25(16)14-5-12(14)21)4-13(22)17(19)24-7-15(23)20(9-24)2-3-20/h4,6,8,12,14-15H,2-3,5,7,9,23H2,1H3/t12-,14+,15?/m0/s1. The van der Waals surface area contributed by atoms with Crippen LogP contribution in [-0.4, -0.2) is 43.3 Å². The number of hydrogen-bond donors (Lipinski definition) is 1. The highest BCUT2D eigenvalue weighted by molar-refractivity contribution is 5.94. The first kappa shape index (κ1) is 17.6. The average Bonchev–Trinajstić information content (AvgIpc) is 3.57. The van der Waals surface area contributed by atoms with Gasteiger partial charge >= 0.3 is 0 Å². The SMILES string of the molecule is COc1c(N2CC(N)C3(CC3)C2)c(F)cc2c(=O)c(C=O)cn([C@@H]3C[C@@H]3F)c12. The van der Waals surface area contributed by atoms with Crippen LogP contribution in [0.5, 0.6) is 5.75 Å². The number of fused-ring (bicyclic) bond motifs is 1. The molecule has 2 aliphatic carbocycles. The van der Waals surface area contributed by atoms with Crippen molar-refractivity contribution in [1.29, 1.82) is 0 Å². The van der Waals surface area contributed by atoms with Gasteiger partial charge < -0.3 is 19.9 Å². The van der Waals surface area contributed by atoms with Crippen LogP contribution < -0.4 is 20.8 Å². The summed E-state index contributed by atoms with van der Waals surface area (Å²) in [7, 11) is 1.41. The fourth-order valence-electron chi connectivity index (χ4n) is 4.59. The molecule has 5 rings (SSSR count). The van der Waals surface area contributed by atoms with Crippen LogP contribution in [0.25, 0.3) is 10.9 Å². The quantitative estimate of drug-likeness (QED) is 0.811. The third-order valence-electron chi connectivity index (χ3n) is 6.51. The Morgan fingerprint density at radius 2 is 2.11 bits per heavy atom. The first-order valence-electron chi connectivity index (χ1n) is 9.45. The number of aldehydes is 1. The average molecular weight is 389 g/mol. The lowest BCUT2D eigenvalue weighted by Crippen LogP contribution is -2.30. The minimum atomic E-state index is -1.07. The molecule has 0 amide bonds. The van der Waals surface area contributed by atoms with Crippen LogP contribution in [0.1, 0.15) is 35.7 Å². The predicted octanol–water partition coefficient (Wildman–Crippen LogP) is 2.17. The number of nitrogens with zero attached hydrogens (tertiary/aromatic N) is 2. The van der Waals surface area contributed by atoms with E-state index in [9.17, 15) is 14.0 Å². The lowest BCUT2D eigenvalue weighted by atomic mass is 10.0. The van der Waals surface area contributed by atoms with Crippen molar-refractivity contribution in [2.24, 2.45) is 11.1 Å². The number of methoxy groups -OCH3 is 1. The zero-order chi connectivity index (χ0) is 19.8. The predicted molar refractivity (Wildman–Crippen MR) is 101 cm³/mol. The van der Waals surface area contributed by atoms with Gasteiger partial charge in [-0.1, -0.05) is 0 Å². The molecule has 2 heterocycles. The normalized spacial score (nSPS) is 27.4. The van der Waals surface area contributed by atoms with Crippen molar-refractivity contribution >= 4 is 22.9 Å². The van der Waals surface area contributed by atoms with Crippen LogP contribution in [0.3, 0.4) is 0 Å². The highest BCUT2D eigenvalue weighted by atomic mass is 19.1. The Kier molecular flexibility index (Phi) is 3.62. The van der Waals surface area contributed by atoms with Crippen molar-refractivity contribution in [3.05, 3.63) is 33.9 Å². The number of aromatic nitrogens is 1. The molecule has 1 aliphatic heterocycles. The molecule has 3 aliphatic rings. The minimum absolute atomic E-state index is 0.0198. The topological polar surface area (TPSA) is 77.6 Å². The van der Waals surface area contributed by atoms with Crippen LogP contribution in [0.15, 0.2) is 17.1 Å². The zero-order valence-electron chi connectivity index (χ0n) is 15.5. The monoisotopic (exact) mass is 389 g/mol. The van der Waals surface area contributed by atoms with Gasteiger partial charge in [0.2, 0.25) is 0 Å². The van der Waals surface area contributed by atoms with Crippen molar-refractivity contribution in [1.82, 2.24) is 4.57 Å². The molecule has 1 unspecified atom stereocenters. The van der Waals surface area contributed by atoms with E-state index in [1.165, 1.54) is 13.3 Å². The Morgan fingerprint density at radius 1 is 1.39 bits per heavy atom. The third-order valence-corrected chi connectivity index (χ3v) is 6.51. The number of pyridine rings is 1. The fraction of sp³-hybridized carbons (Fsp3) is 0.500. The van der Waals surface area contributed by atoms with Crippen LogP contribution in [0.2, 0.25) is 0 Å². The minimum Gasteiger partial charge on any atom is -0.492 e. The molecule has 1 spiro atoms. The lowest BCUT2D eigenvalue weighted by molar-refractivity contribution is 0.112. The van der Waals surface area contributed by atoms with Crippen LogP contribution >= 0.6 is 0 Å². The maximum absolute atomic E-state index is 15.2. The summed E-state index contributed by atoms with van der Waals surface area (Å²) in [6.07, 6.45) is 3.01. The van der Waals surface area contributed by atoms with Gasteiger partial charge in [0.25, 0.3) is 0 Å². The molecule has 1 saturated heterocycles. The largest absolute Gasteiger partial charge is 0.492 e. The van der Waals surface area contributed by atoms with Crippen LogP contribution in [0.4, 0.5) is 14.5 Å². The van der Waals surface area contributed by atoms with E-state index in [0.29, 0.717) is 24.9 Å². The van der Waals surface area contributed by atoms with Crippen molar-refractivity contribution in [3.63, 3.8) is 0 Å². The Balaban J connectivity index is 1.78. The summed E-state index contributed by atoms with van der Waals surface area (Å²) >= 11 is 0. The van der Waals surface area contributed by atoms with Gasteiger partial charge in [0.05, 0.1) is 29.6 Å². The van der Waals surface area contributed by atoms with Crippen LogP contribution in [0, 0.1) is 11.2 Å². The number of halogens is 2. The van der Waals surface area contributed by atoms with Crippen molar-refractivity contribution in [2.45, 2.75) is 37.5 Å². The molecular weight excluding hydrogens is 368 g/mol. The third kappa shape index (κ3) is 2.33. The molecule has 3 atom stereocenters. The number of carbonyl (C=O) groups is 1. The lowest BCUT2D eigenvalue weighted by Gasteiger charge is -2.24. The molecule has 6 nitrogen and oxygen atoms in total. The highest BCUT2D eigenvalue weighted by Crippen LogP contribution is 2.54. The second-order valence-corrected chi connectivity index (χ2v) is 8.24. The van der Waals surface area contributed by atoms with Gasteiger partial charge in [-0.05, 0) is 18.9 Å². The summed E-state index contributed by atoms with van der Waals surface area (Å²) in [4.78, 5) is 25.9. The molecule has 2 saturated carbocycles. The van der Waals surface area contributed by atoms with E-state index in [0.717, 1.165) is 18.9 Å². The maximum Gasteiger partial charge on any atom is 0.200 e. The summed E-state index contributed by atoms with van der Waals surface area (Å²) in [6, 6.07) is 0.591. The molecule has 0 radical (unpaired) electrons. The van der Waals surface area contributed by atoms with Crippen LogP contribution in [-0.2, 0) is 0 Å². The van der Waals surface area contributed by atoms with Gasteiger partial charge in [0.1, 0.15) is 11.9 Å². The number of alkyl halides is 1. The van der Waals surface area contributed by atoms with Gasteiger partial charge in [0.15, 0.2) is 23.3 Å². The van der Waals surface area contributed by atoms with Crippen molar-refractivity contribution < 1.29 is 18.3 Å². The van der Waals surface area contributed by atoms with E-state index in [2.05, 4.69) is 0 Å². The van der Waals surface area contributed by atoms with Gasteiger partial charge in [-0.25, -0.2) is 8.78 Å². The molecule has 28 heavy (non-hydrogen) atoms. The van der Waals surface area contributed by atoms with Gasteiger partial charge in [-0.2, -0.15) is 0 Å². The number of hydrogen-bond acceptors (Lipinski definition) is 5. The molecule has 0 bridgehead atoms. The van der Waals surface area contributed by atoms with E-state index >= 15 is 4.39 Å². The van der Waals surface area contributed by atoms with E-state index < -0.39 is 23.5 Å². The molecule has 1 aromatic heterocycles. The molecule has 8 heteroatoms. The Labute approximate surface area is 159 Å². The van der Waals surface area contributed by atoms with Gasteiger partial charge in [-0.3, -0.25) is 9.59 Å². The summed E-state index contributed by atoms with van der Waals surface area (Å²) in [6.45, 7) is 1.11. The van der Waals surface area contributed by atoms with E-state index in [4.69, 9.17) is 10.5 Å². The van der Waals surface area contributed by atoms with Crippen molar-refractivity contribution in [2.75, 3.05) is 25.1 Å². The first-order chi connectivity index (χ1) is 13.4.